The predicted molar refractivity (Wildman–Crippen MR) is 47.5 cm³/mol. The summed E-state index contributed by atoms with van der Waals surface area (Å²) in [7, 11) is 0. The zero-order chi connectivity index (χ0) is 10.9. The van der Waals surface area contributed by atoms with E-state index >= 15 is 0 Å². The summed E-state index contributed by atoms with van der Waals surface area (Å²) >= 11 is 11.0. The zero-order valence-corrected chi connectivity index (χ0v) is 8.30. The number of allylic oxidation sites excluding steroid dienone is 2. The Hall–Kier alpha value is -0.840. The van der Waals surface area contributed by atoms with Gasteiger partial charge >= 0.3 is 0 Å². The summed E-state index contributed by atoms with van der Waals surface area (Å²) < 4.78 is 0. The molecule has 0 aromatic rings. The van der Waals surface area contributed by atoms with Crippen molar-refractivity contribution in [1.29, 1.82) is 0 Å². The largest absolute Gasteiger partial charge is 0.550 e. The maximum absolute atomic E-state index is 10.9. The number of carboxylic acids is 1. The van der Waals surface area contributed by atoms with Crippen molar-refractivity contribution in [2.45, 2.75) is 12.0 Å². The summed E-state index contributed by atoms with van der Waals surface area (Å²) in [5.74, 6) is -2.06. The number of carboxylic acid groups (broad SMARTS) is 1. The maximum atomic E-state index is 10.9. The third kappa shape index (κ3) is 2.15. The van der Waals surface area contributed by atoms with Gasteiger partial charge in [-0.3, -0.25) is 4.79 Å². The van der Waals surface area contributed by atoms with Crippen molar-refractivity contribution in [3.63, 3.8) is 0 Å². The van der Waals surface area contributed by atoms with Crippen LogP contribution in [0.1, 0.15) is 6.42 Å². The highest BCUT2D eigenvalue weighted by molar-refractivity contribution is 6.46. The van der Waals surface area contributed by atoms with E-state index in [1.54, 1.807) is 0 Å². The van der Waals surface area contributed by atoms with E-state index in [0.29, 0.717) is 0 Å². The molecule has 1 N–H and O–H groups in total. The Labute approximate surface area is 89.4 Å². The molecule has 76 valence electrons. The molecule has 1 aliphatic rings. The van der Waals surface area contributed by atoms with Crippen molar-refractivity contribution < 1.29 is 19.8 Å². The van der Waals surface area contributed by atoms with Crippen LogP contribution in [-0.4, -0.2) is 22.5 Å². The fraction of sp³-hybridized carbons (Fsp3) is 0.250. The van der Waals surface area contributed by atoms with E-state index in [1.165, 1.54) is 0 Å². The smallest absolute Gasteiger partial charge is 0.198 e. The molecule has 0 heterocycles. The van der Waals surface area contributed by atoms with Gasteiger partial charge in [0.25, 0.3) is 0 Å². The summed E-state index contributed by atoms with van der Waals surface area (Å²) in [5.41, 5.74) is -1.94. The summed E-state index contributed by atoms with van der Waals surface area (Å²) in [5, 5.41) is 19.4. The van der Waals surface area contributed by atoms with Gasteiger partial charge in [0.2, 0.25) is 0 Å². The monoisotopic (exact) mass is 235 g/mol. The highest BCUT2D eigenvalue weighted by atomic mass is 35.5. The van der Waals surface area contributed by atoms with Crippen LogP contribution in [0.4, 0.5) is 0 Å². The minimum atomic E-state index is -1.94. The Balaban J connectivity index is 3.05. The second-order valence-corrected chi connectivity index (χ2v) is 3.64. The van der Waals surface area contributed by atoms with Crippen molar-refractivity contribution in [1.82, 2.24) is 0 Å². The Kier molecular flexibility index (Phi) is 2.99. The molecule has 1 atom stereocenters. The van der Waals surface area contributed by atoms with Crippen LogP contribution in [0, 0.1) is 0 Å². The molecule has 0 bridgehead atoms. The van der Waals surface area contributed by atoms with E-state index in [1.807, 2.05) is 0 Å². The molecular formula is C8H5Cl2O4-. The van der Waals surface area contributed by atoms with Crippen LogP contribution in [0.5, 0.6) is 0 Å². The molecule has 0 saturated heterocycles. The second kappa shape index (κ2) is 3.73. The molecule has 14 heavy (non-hydrogen) atoms. The molecule has 1 unspecified atom stereocenters. The lowest BCUT2D eigenvalue weighted by molar-refractivity contribution is -0.308. The van der Waals surface area contributed by atoms with E-state index < -0.39 is 23.8 Å². The summed E-state index contributed by atoms with van der Waals surface area (Å²) in [6.45, 7) is 0. The molecule has 0 aromatic heterocycles. The number of ketones is 1. The van der Waals surface area contributed by atoms with Gasteiger partial charge in [-0.25, -0.2) is 0 Å². The first-order valence-electron chi connectivity index (χ1n) is 3.58. The van der Waals surface area contributed by atoms with Crippen LogP contribution in [0.15, 0.2) is 22.2 Å². The second-order valence-electron chi connectivity index (χ2n) is 2.82. The fourth-order valence-electron chi connectivity index (χ4n) is 1.01. The Bertz CT molecular complexity index is 358. The minimum Gasteiger partial charge on any atom is -0.550 e. The number of aliphatic carboxylic acids is 1. The van der Waals surface area contributed by atoms with Gasteiger partial charge < -0.3 is 15.0 Å². The summed E-state index contributed by atoms with van der Waals surface area (Å²) in [6.07, 6.45) is 1.04. The van der Waals surface area contributed by atoms with Crippen molar-refractivity contribution in [3.05, 3.63) is 22.2 Å². The predicted octanol–water partition coefficient (Wildman–Crippen LogP) is -0.314. The van der Waals surface area contributed by atoms with E-state index in [0.717, 1.165) is 12.2 Å². The van der Waals surface area contributed by atoms with Gasteiger partial charge in [-0.15, -0.1) is 0 Å². The van der Waals surface area contributed by atoms with Crippen LogP contribution in [-0.2, 0) is 9.59 Å². The lowest BCUT2D eigenvalue weighted by Gasteiger charge is -2.27. The molecule has 1 rings (SSSR count). The molecule has 4 nitrogen and oxygen atoms in total. The topological polar surface area (TPSA) is 77.4 Å². The summed E-state index contributed by atoms with van der Waals surface area (Å²) in [4.78, 5) is 21.2. The lowest BCUT2D eigenvalue weighted by atomic mass is 9.93. The molecule has 0 fully saturated rings. The molecule has 0 radical (unpaired) electrons. The van der Waals surface area contributed by atoms with Crippen molar-refractivity contribution in [2.24, 2.45) is 0 Å². The molecule has 6 heteroatoms. The molecule has 0 aliphatic heterocycles. The average Bonchev–Trinajstić information content (AvgIpc) is 1.99. The molecule has 0 spiro atoms. The first-order valence-corrected chi connectivity index (χ1v) is 4.33. The number of rotatable bonds is 2. The summed E-state index contributed by atoms with van der Waals surface area (Å²) in [6, 6.07) is 0. The van der Waals surface area contributed by atoms with E-state index in [-0.39, 0.29) is 10.1 Å². The van der Waals surface area contributed by atoms with Gasteiger partial charge in [0, 0.05) is 18.5 Å². The highest BCUT2D eigenvalue weighted by Crippen LogP contribution is 2.32. The van der Waals surface area contributed by atoms with Crippen LogP contribution in [0.25, 0.3) is 0 Å². The van der Waals surface area contributed by atoms with Crippen molar-refractivity contribution in [3.8, 4) is 0 Å². The van der Waals surface area contributed by atoms with E-state index in [2.05, 4.69) is 0 Å². The maximum Gasteiger partial charge on any atom is 0.198 e. The third-order valence-corrected chi connectivity index (χ3v) is 2.42. The lowest BCUT2D eigenvalue weighted by Crippen LogP contribution is -2.38. The van der Waals surface area contributed by atoms with Gasteiger partial charge in [-0.1, -0.05) is 23.2 Å². The number of hydrogen-bond acceptors (Lipinski definition) is 4. The van der Waals surface area contributed by atoms with Crippen LogP contribution >= 0.6 is 23.2 Å². The average molecular weight is 236 g/mol. The number of carbonyl (C=O) groups excluding carboxylic acids is 2. The van der Waals surface area contributed by atoms with Gasteiger partial charge in [0.1, 0.15) is 5.60 Å². The Morgan fingerprint density at radius 1 is 1.57 bits per heavy atom. The van der Waals surface area contributed by atoms with Gasteiger partial charge in [0.15, 0.2) is 5.78 Å². The Morgan fingerprint density at radius 3 is 2.64 bits per heavy atom. The molecule has 0 aromatic carbocycles. The number of hydrogen-bond donors (Lipinski definition) is 1. The first kappa shape index (κ1) is 11.2. The van der Waals surface area contributed by atoms with E-state index in [9.17, 15) is 19.8 Å². The number of aliphatic hydroxyl groups is 1. The highest BCUT2D eigenvalue weighted by Gasteiger charge is 2.33. The SMILES string of the molecule is O=C([O-])CC1(O)C=C(Cl)C(=O)C=C1Cl. The standard InChI is InChI=1S/C8H6Cl2O4/c9-4-2-8(14,3-7(12)13)6(10)1-5(4)11/h1-2,14H,3H2,(H,12,13)/p-1. The number of halogens is 2. The zero-order valence-electron chi connectivity index (χ0n) is 6.79. The van der Waals surface area contributed by atoms with Gasteiger partial charge in [-0.2, -0.15) is 0 Å². The van der Waals surface area contributed by atoms with Crippen LogP contribution in [0.3, 0.4) is 0 Å². The van der Waals surface area contributed by atoms with Crippen LogP contribution < -0.4 is 5.11 Å². The molecule has 0 saturated carbocycles. The molecule has 1 aliphatic carbocycles. The van der Waals surface area contributed by atoms with Crippen LogP contribution in [0.2, 0.25) is 0 Å². The molecule has 0 amide bonds. The normalized spacial score (nSPS) is 26.9. The quantitative estimate of drug-likeness (QED) is 0.713. The third-order valence-electron chi connectivity index (χ3n) is 1.69. The van der Waals surface area contributed by atoms with E-state index in [4.69, 9.17) is 23.2 Å². The number of carbonyl (C=O) groups is 2. The van der Waals surface area contributed by atoms with Crippen molar-refractivity contribution in [2.75, 3.05) is 0 Å². The first-order chi connectivity index (χ1) is 6.35. The molecular weight excluding hydrogens is 231 g/mol. The fourth-order valence-corrected chi connectivity index (χ4v) is 1.47. The van der Waals surface area contributed by atoms with Gasteiger partial charge in [-0.05, 0) is 6.08 Å². The van der Waals surface area contributed by atoms with Crippen molar-refractivity contribution >= 4 is 35.0 Å². The Morgan fingerprint density at radius 2 is 2.14 bits per heavy atom. The minimum absolute atomic E-state index is 0.266. The van der Waals surface area contributed by atoms with Gasteiger partial charge in [0.05, 0.1) is 10.1 Å².